The van der Waals surface area contributed by atoms with Crippen LogP contribution in [0.5, 0.6) is 0 Å². The molecule has 1 aliphatic heterocycles. The fraction of sp³-hybridized carbons (Fsp3) is 0.571. The highest BCUT2D eigenvalue weighted by Crippen LogP contribution is 2.27. The van der Waals surface area contributed by atoms with Crippen LogP contribution in [0.4, 0.5) is 5.69 Å². The summed E-state index contributed by atoms with van der Waals surface area (Å²) in [4.78, 5) is 21.6. The van der Waals surface area contributed by atoms with Gasteiger partial charge >= 0.3 is 5.69 Å². The van der Waals surface area contributed by atoms with E-state index >= 15 is 0 Å². The highest BCUT2D eigenvalue weighted by molar-refractivity contribution is 5.86. The summed E-state index contributed by atoms with van der Waals surface area (Å²) < 4.78 is 1.57. The second-order valence-corrected chi connectivity index (χ2v) is 5.52. The number of pyridine rings is 1. The summed E-state index contributed by atoms with van der Waals surface area (Å²) in [5.41, 5.74) is 9.56. The first-order valence-electron chi connectivity index (χ1n) is 7.19. The van der Waals surface area contributed by atoms with Gasteiger partial charge in [0, 0.05) is 31.9 Å². The molecule has 2 aromatic heterocycles. The number of nitrogens with two attached hydrogens (primary N) is 1. The van der Waals surface area contributed by atoms with Gasteiger partial charge in [0.2, 0.25) is 0 Å². The van der Waals surface area contributed by atoms with Crippen LogP contribution in [0.25, 0.3) is 11.2 Å². The molecule has 1 saturated heterocycles. The van der Waals surface area contributed by atoms with Crippen LogP contribution in [0.2, 0.25) is 0 Å². The molecule has 6 nitrogen and oxygen atoms in total. The maximum atomic E-state index is 11.9. The molecule has 0 saturated carbocycles. The lowest BCUT2D eigenvalue weighted by Gasteiger charge is -2.33. The molecule has 0 amide bonds. The van der Waals surface area contributed by atoms with Crippen LogP contribution in [-0.4, -0.2) is 33.7 Å². The molecular weight excluding hydrogens is 254 g/mol. The minimum absolute atomic E-state index is 0.122. The number of H-pyrrole nitrogens is 1. The van der Waals surface area contributed by atoms with E-state index in [1.165, 1.54) is 0 Å². The molecule has 1 unspecified atom stereocenters. The Morgan fingerprint density at radius 2 is 2.35 bits per heavy atom. The number of aryl methyl sites for hydroxylation is 2. The topological polar surface area (TPSA) is 79.9 Å². The third-order valence-corrected chi connectivity index (χ3v) is 4.05. The molecule has 6 heteroatoms. The number of hydrogen-bond acceptors (Lipinski definition) is 4. The molecule has 1 atom stereocenters. The molecular formula is C14H21N5O. The van der Waals surface area contributed by atoms with Crippen molar-refractivity contribution < 1.29 is 0 Å². The Labute approximate surface area is 117 Å². The Balaban J connectivity index is 2.17. The van der Waals surface area contributed by atoms with Gasteiger partial charge in [0.05, 0.1) is 5.69 Å². The zero-order valence-electron chi connectivity index (χ0n) is 12.0. The van der Waals surface area contributed by atoms with Crippen molar-refractivity contribution in [3.05, 3.63) is 22.2 Å². The summed E-state index contributed by atoms with van der Waals surface area (Å²) in [5, 5.41) is 0. The Morgan fingerprint density at radius 3 is 3.05 bits per heavy atom. The number of rotatable bonds is 2. The Hall–Kier alpha value is -1.82. The third-order valence-electron chi connectivity index (χ3n) is 4.05. The quantitative estimate of drug-likeness (QED) is 0.847. The number of anilines is 1. The van der Waals surface area contributed by atoms with Crippen molar-refractivity contribution in [1.29, 1.82) is 0 Å². The van der Waals surface area contributed by atoms with E-state index in [2.05, 4.69) is 27.9 Å². The lowest BCUT2D eigenvalue weighted by Crippen LogP contribution is -2.43. The highest BCUT2D eigenvalue weighted by Gasteiger charge is 2.21. The van der Waals surface area contributed by atoms with Gasteiger partial charge in [0.1, 0.15) is 5.52 Å². The van der Waals surface area contributed by atoms with E-state index in [9.17, 15) is 4.79 Å². The third kappa shape index (κ3) is 2.10. The number of aromatic nitrogens is 3. The summed E-state index contributed by atoms with van der Waals surface area (Å²) in [6.45, 7) is 3.89. The fourth-order valence-electron chi connectivity index (χ4n) is 2.88. The van der Waals surface area contributed by atoms with Crippen molar-refractivity contribution in [3.63, 3.8) is 0 Å². The van der Waals surface area contributed by atoms with E-state index in [4.69, 9.17) is 5.73 Å². The van der Waals surface area contributed by atoms with Crippen LogP contribution in [0, 0.1) is 0 Å². The van der Waals surface area contributed by atoms with Gasteiger partial charge in [0.25, 0.3) is 0 Å². The van der Waals surface area contributed by atoms with E-state index in [1.807, 2.05) is 0 Å². The number of nitrogens with zero attached hydrogens (tertiary/aromatic N) is 3. The molecule has 0 bridgehead atoms. The monoisotopic (exact) mass is 275 g/mol. The molecule has 1 fully saturated rings. The number of fused-ring (bicyclic) bond motifs is 1. The normalized spacial score (nSPS) is 19.8. The molecule has 2 aromatic rings. The number of piperidine rings is 1. The number of nitrogens with one attached hydrogen (secondary N) is 1. The fourth-order valence-corrected chi connectivity index (χ4v) is 2.88. The summed E-state index contributed by atoms with van der Waals surface area (Å²) in [7, 11) is 1.75. The van der Waals surface area contributed by atoms with Gasteiger partial charge in [-0.1, -0.05) is 6.92 Å². The van der Waals surface area contributed by atoms with Crippen molar-refractivity contribution in [2.45, 2.75) is 32.2 Å². The predicted molar refractivity (Wildman–Crippen MR) is 80.1 cm³/mol. The van der Waals surface area contributed by atoms with Crippen molar-refractivity contribution in [2.24, 2.45) is 12.8 Å². The number of imidazole rings is 1. The molecule has 108 valence electrons. The van der Waals surface area contributed by atoms with E-state index < -0.39 is 0 Å². The molecule has 3 rings (SSSR count). The van der Waals surface area contributed by atoms with E-state index in [1.54, 1.807) is 11.6 Å². The van der Waals surface area contributed by atoms with Crippen LogP contribution >= 0.6 is 0 Å². The molecule has 20 heavy (non-hydrogen) atoms. The largest absolute Gasteiger partial charge is 0.368 e. The highest BCUT2D eigenvalue weighted by atomic mass is 16.1. The molecule has 0 aromatic carbocycles. The van der Waals surface area contributed by atoms with Gasteiger partial charge in [0.15, 0.2) is 5.65 Å². The van der Waals surface area contributed by atoms with Crippen LogP contribution in [-0.2, 0) is 13.5 Å². The van der Waals surface area contributed by atoms with Crippen molar-refractivity contribution in [2.75, 3.05) is 18.0 Å². The van der Waals surface area contributed by atoms with Crippen molar-refractivity contribution in [1.82, 2.24) is 14.5 Å². The Morgan fingerprint density at radius 1 is 1.55 bits per heavy atom. The van der Waals surface area contributed by atoms with Gasteiger partial charge in [-0.25, -0.2) is 9.78 Å². The number of aromatic amines is 1. The van der Waals surface area contributed by atoms with E-state index in [-0.39, 0.29) is 11.7 Å². The van der Waals surface area contributed by atoms with E-state index in [0.717, 1.165) is 54.9 Å². The van der Waals surface area contributed by atoms with Crippen LogP contribution in [0.3, 0.4) is 0 Å². The lowest BCUT2D eigenvalue weighted by atomic mass is 10.1. The first-order valence-corrected chi connectivity index (χ1v) is 7.19. The zero-order chi connectivity index (χ0) is 14.3. The van der Waals surface area contributed by atoms with Gasteiger partial charge in [-0.3, -0.25) is 4.57 Å². The van der Waals surface area contributed by atoms with Crippen LogP contribution < -0.4 is 16.3 Å². The summed E-state index contributed by atoms with van der Waals surface area (Å²) in [6, 6.07) is 2.28. The van der Waals surface area contributed by atoms with Gasteiger partial charge in [-0.2, -0.15) is 0 Å². The minimum Gasteiger partial charge on any atom is -0.368 e. The second-order valence-electron chi connectivity index (χ2n) is 5.52. The summed E-state index contributed by atoms with van der Waals surface area (Å²) in [5.74, 6) is 0. The number of hydrogen-bond donors (Lipinski definition) is 2. The SMILES string of the molecule is CCc1cc(N2CCCC(N)C2)c2[nH]c(=O)n(C)c2n1. The second kappa shape index (κ2) is 4.94. The molecule has 3 heterocycles. The Kier molecular flexibility index (Phi) is 3.25. The molecule has 0 spiro atoms. The average Bonchev–Trinajstić information content (AvgIpc) is 2.73. The maximum Gasteiger partial charge on any atom is 0.327 e. The predicted octanol–water partition coefficient (Wildman–Crippen LogP) is 0.752. The Bertz CT molecular complexity index is 687. The smallest absolute Gasteiger partial charge is 0.327 e. The standard InChI is InChI=1S/C14H21N5O/c1-3-10-7-11(19-6-4-5-9(15)8-19)12-13(16-10)18(2)14(20)17-12/h7,9H,3-6,8,15H2,1-2H3,(H,17,20). The van der Waals surface area contributed by atoms with Gasteiger partial charge in [-0.05, 0) is 25.3 Å². The zero-order valence-corrected chi connectivity index (χ0v) is 12.0. The van der Waals surface area contributed by atoms with Crippen LogP contribution in [0.15, 0.2) is 10.9 Å². The molecule has 0 radical (unpaired) electrons. The van der Waals surface area contributed by atoms with Crippen LogP contribution in [0.1, 0.15) is 25.5 Å². The van der Waals surface area contributed by atoms with Crippen molar-refractivity contribution >= 4 is 16.9 Å². The average molecular weight is 275 g/mol. The first kappa shape index (κ1) is 13.2. The summed E-state index contributed by atoms with van der Waals surface area (Å²) >= 11 is 0. The van der Waals surface area contributed by atoms with Gasteiger partial charge in [-0.15, -0.1) is 0 Å². The summed E-state index contributed by atoms with van der Waals surface area (Å²) in [6.07, 6.45) is 3.00. The first-order chi connectivity index (χ1) is 9.60. The maximum absolute atomic E-state index is 11.9. The molecule has 0 aliphatic carbocycles. The molecule has 3 N–H and O–H groups in total. The van der Waals surface area contributed by atoms with E-state index in [0.29, 0.717) is 0 Å². The molecule has 1 aliphatic rings. The van der Waals surface area contributed by atoms with Crippen molar-refractivity contribution in [3.8, 4) is 0 Å². The lowest BCUT2D eigenvalue weighted by molar-refractivity contribution is 0.506. The van der Waals surface area contributed by atoms with Gasteiger partial charge < -0.3 is 15.6 Å². The minimum atomic E-state index is -0.122.